The van der Waals surface area contributed by atoms with Gasteiger partial charge in [-0.05, 0) is 31.0 Å². The summed E-state index contributed by atoms with van der Waals surface area (Å²) in [5.74, 6) is -1.05. The first kappa shape index (κ1) is 11.3. The van der Waals surface area contributed by atoms with Crippen LogP contribution in [0.4, 0.5) is 16.2 Å². The van der Waals surface area contributed by atoms with E-state index in [-0.39, 0.29) is 23.3 Å². The molecule has 0 atom stereocenters. The number of amides is 2. The maximum atomic E-state index is 11.4. The second kappa shape index (κ2) is 4.32. The second-order valence-electron chi connectivity index (χ2n) is 3.98. The summed E-state index contributed by atoms with van der Waals surface area (Å²) in [6.07, 6.45) is 2.00. The fraction of sp³-hybridized carbons (Fsp3) is 0.273. The Morgan fingerprint density at radius 2 is 2.06 bits per heavy atom. The van der Waals surface area contributed by atoms with Gasteiger partial charge in [-0.3, -0.25) is 0 Å². The first-order chi connectivity index (χ1) is 8.06. The van der Waals surface area contributed by atoms with Gasteiger partial charge in [0, 0.05) is 6.04 Å². The van der Waals surface area contributed by atoms with Crippen molar-refractivity contribution < 1.29 is 14.7 Å². The van der Waals surface area contributed by atoms with Gasteiger partial charge in [0.2, 0.25) is 0 Å². The van der Waals surface area contributed by atoms with Crippen LogP contribution < -0.4 is 16.4 Å². The molecule has 5 N–H and O–H groups in total. The molecule has 0 heterocycles. The maximum absolute atomic E-state index is 11.4. The Morgan fingerprint density at radius 1 is 1.35 bits per heavy atom. The quantitative estimate of drug-likeness (QED) is 0.592. The number of rotatable bonds is 3. The zero-order chi connectivity index (χ0) is 12.4. The van der Waals surface area contributed by atoms with Crippen LogP contribution in [0.25, 0.3) is 0 Å². The predicted octanol–water partition coefficient (Wildman–Crippen LogP) is 1.25. The maximum Gasteiger partial charge on any atom is 0.335 e. The molecule has 0 radical (unpaired) electrons. The molecule has 90 valence electrons. The molecule has 1 aliphatic carbocycles. The molecular formula is C11H13N3O3. The first-order valence-corrected chi connectivity index (χ1v) is 5.26. The summed E-state index contributed by atoms with van der Waals surface area (Å²) in [5, 5.41) is 14.1. The van der Waals surface area contributed by atoms with Crippen molar-refractivity contribution in [3.8, 4) is 0 Å². The number of hydrogen-bond donors (Lipinski definition) is 4. The Balaban J connectivity index is 2.04. The van der Waals surface area contributed by atoms with E-state index in [1.54, 1.807) is 0 Å². The summed E-state index contributed by atoms with van der Waals surface area (Å²) in [5.41, 5.74) is 6.38. The van der Waals surface area contributed by atoms with Crippen LogP contribution in [0.5, 0.6) is 0 Å². The minimum absolute atomic E-state index is 0.0932. The molecule has 6 heteroatoms. The lowest BCUT2D eigenvalue weighted by Gasteiger charge is -2.09. The molecule has 0 unspecified atom stereocenters. The lowest BCUT2D eigenvalue weighted by molar-refractivity contribution is 0.0697. The number of carboxylic acids is 1. The van der Waals surface area contributed by atoms with Crippen LogP contribution in [0, 0.1) is 0 Å². The van der Waals surface area contributed by atoms with Gasteiger partial charge < -0.3 is 21.5 Å². The normalized spacial score (nSPS) is 14.1. The fourth-order valence-electron chi connectivity index (χ4n) is 1.38. The minimum Gasteiger partial charge on any atom is -0.478 e. The highest BCUT2D eigenvalue weighted by Gasteiger charge is 2.23. The molecule has 2 amide bonds. The van der Waals surface area contributed by atoms with E-state index in [2.05, 4.69) is 10.6 Å². The predicted molar refractivity (Wildman–Crippen MR) is 63.0 cm³/mol. The van der Waals surface area contributed by atoms with Gasteiger partial charge in [0.05, 0.1) is 16.9 Å². The topological polar surface area (TPSA) is 104 Å². The summed E-state index contributed by atoms with van der Waals surface area (Å²) in [7, 11) is 0. The van der Waals surface area contributed by atoms with Crippen molar-refractivity contribution in [1.29, 1.82) is 0 Å². The monoisotopic (exact) mass is 235 g/mol. The van der Waals surface area contributed by atoms with Crippen molar-refractivity contribution >= 4 is 23.4 Å². The third kappa shape index (κ3) is 2.87. The number of hydrogen-bond acceptors (Lipinski definition) is 3. The third-order valence-corrected chi connectivity index (χ3v) is 2.46. The van der Waals surface area contributed by atoms with E-state index in [0.29, 0.717) is 5.69 Å². The SMILES string of the molecule is Nc1cc(C(=O)O)ccc1NC(=O)NC1CC1. The van der Waals surface area contributed by atoms with Gasteiger partial charge >= 0.3 is 12.0 Å². The van der Waals surface area contributed by atoms with Gasteiger partial charge in [0.25, 0.3) is 0 Å². The number of nitrogens with one attached hydrogen (secondary N) is 2. The van der Waals surface area contributed by atoms with Crippen molar-refractivity contribution in [2.24, 2.45) is 0 Å². The Morgan fingerprint density at radius 3 is 2.59 bits per heavy atom. The molecule has 1 aromatic rings. The molecule has 17 heavy (non-hydrogen) atoms. The van der Waals surface area contributed by atoms with Crippen molar-refractivity contribution in [2.75, 3.05) is 11.1 Å². The number of benzene rings is 1. The van der Waals surface area contributed by atoms with Crippen LogP contribution >= 0.6 is 0 Å². The van der Waals surface area contributed by atoms with E-state index in [1.807, 2.05) is 0 Å². The molecule has 1 aliphatic rings. The van der Waals surface area contributed by atoms with E-state index in [9.17, 15) is 9.59 Å². The average molecular weight is 235 g/mol. The van der Waals surface area contributed by atoms with Crippen molar-refractivity contribution in [2.45, 2.75) is 18.9 Å². The molecule has 0 bridgehead atoms. The highest BCUT2D eigenvalue weighted by atomic mass is 16.4. The highest BCUT2D eigenvalue weighted by molar-refractivity contribution is 5.95. The molecule has 0 aromatic heterocycles. The Bertz CT molecular complexity index is 469. The number of aromatic carboxylic acids is 1. The first-order valence-electron chi connectivity index (χ1n) is 5.26. The summed E-state index contributed by atoms with van der Waals surface area (Å²) < 4.78 is 0. The molecule has 0 saturated heterocycles. The number of nitrogen functional groups attached to an aromatic ring is 1. The van der Waals surface area contributed by atoms with Crippen LogP contribution in [-0.4, -0.2) is 23.1 Å². The number of urea groups is 1. The molecule has 0 aliphatic heterocycles. The van der Waals surface area contributed by atoms with E-state index < -0.39 is 5.97 Å². The average Bonchev–Trinajstić information content (AvgIpc) is 3.04. The van der Waals surface area contributed by atoms with Crippen LogP contribution in [0.15, 0.2) is 18.2 Å². The fourth-order valence-corrected chi connectivity index (χ4v) is 1.38. The number of carbonyl (C=O) groups excluding carboxylic acids is 1. The molecular weight excluding hydrogens is 222 g/mol. The Hall–Kier alpha value is -2.24. The lowest BCUT2D eigenvalue weighted by Crippen LogP contribution is -2.30. The van der Waals surface area contributed by atoms with Crippen molar-refractivity contribution in [1.82, 2.24) is 5.32 Å². The van der Waals surface area contributed by atoms with E-state index in [4.69, 9.17) is 10.8 Å². The van der Waals surface area contributed by atoms with Crippen LogP contribution in [-0.2, 0) is 0 Å². The van der Waals surface area contributed by atoms with Crippen LogP contribution in [0.1, 0.15) is 23.2 Å². The largest absolute Gasteiger partial charge is 0.478 e. The summed E-state index contributed by atoms with van der Waals surface area (Å²) >= 11 is 0. The van der Waals surface area contributed by atoms with Gasteiger partial charge in [0.1, 0.15) is 0 Å². The Labute approximate surface area is 97.8 Å². The molecule has 0 spiro atoms. The number of carboxylic acid groups (broad SMARTS) is 1. The van der Waals surface area contributed by atoms with Gasteiger partial charge in [-0.15, -0.1) is 0 Å². The summed E-state index contributed by atoms with van der Waals surface area (Å²) in [6, 6.07) is 4.13. The van der Waals surface area contributed by atoms with Gasteiger partial charge in [-0.1, -0.05) is 0 Å². The summed E-state index contributed by atoms with van der Waals surface area (Å²) in [6.45, 7) is 0. The zero-order valence-electron chi connectivity index (χ0n) is 9.06. The molecule has 1 fully saturated rings. The van der Waals surface area contributed by atoms with E-state index in [1.165, 1.54) is 18.2 Å². The third-order valence-electron chi connectivity index (χ3n) is 2.46. The highest BCUT2D eigenvalue weighted by Crippen LogP contribution is 2.21. The molecule has 6 nitrogen and oxygen atoms in total. The van der Waals surface area contributed by atoms with E-state index in [0.717, 1.165) is 12.8 Å². The van der Waals surface area contributed by atoms with Gasteiger partial charge in [-0.25, -0.2) is 9.59 Å². The van der Waals surface area contributed by atoms with Gasteiger partial charge in [-0.2, -0.15) is 0 Å². The Kier molecular flexibility index (Phi) is 2.86. The van der Waals surface area contributed by atoms with Crippen LogP contribution in [0.3, 0.4) is 0 Å². The van der Waals surface area contributed by atoms with Gasteiger partial charge in [0.15, 0.2) is 0 Å². The number of anilines is 2. The number of nitrogens with two attached hydrogens (primary N) is 1. The second-order valence-corrected chi connectivity index (χ2v) is 3.98. The minimum atomic E-state index is -1.05. The van der Waals surface area contributed by atoms with E-state index >= 15 is 0 Å². The lowest BCUT2D eigenvalue weighted by atomic mass is 10.2. The number of carbonyl (C=O) groups is 2. The molecule has 1 aromatic carbocycles. The zero-order valence-corrected chi connectivity index (χ0v) is 9.06. The molecule has 1 saturated carbocycles. The van der Waals surface area contributed by atoms with Crippen molar-refractivity contribution in [3.63, 3.8) is 0 Å². The van der Waals surface area contributed by atoms with Crippen LogP contribution in [0.2, 0.25) is 0 Å². The molecule has 2 rings (SSSR count). The smallest absolute Gasteiger partial charge is 0.335 e. The standard InChI is InChI=1S/C11H13N3O3/c12-8-5-6(10(15)16)1-4-9(8)14-11(17)13-7-2-3-7/h1,4-5,7H,2-3,12H2,(H,15,16)(H2,13,14,17). The van der Waals surface area contributed by atoms with Crippen molar-refractivity contribution in [3.05, 3.63) is 23.8 Å². The summed E-state index contributed by atoms with van der Waals surface area (Å²) in [4.78, 5) is 22.1.